The summed E-state index contributed by atoms with van der Waals surface area (Å²) in [6, 6.07) is 7.66. The number of likely N-dealkylation sites (tertiary alicyclic amines) is 1. The van der Waals surface area contributed by atoms with Crippen LogP contribution in [0.15, 0.2) is 30.5 Å². The number of nitrogens with zero attached hydrogens (tertiary/aromatic N) is 3. The highest BCUT2D eigenvalue weighted by molar-refractivity contribution is 6.01. The molecule has 0 unspecified atom stereocenters. The van der Waals surface area contributed by atoms with Gasteiger partial charge in [-0.15, -0.1) is 0 Å². The lowest BCUT2D eigenvalue weighted by atomic mass is 9.80. The molecule has 2 aromatic heterocycles. The van der Waals surface area contributed by atoms with Crippen LogP contribution < -0.4 is 10.1 Å². The Balaban J connectivity index is 1.29. The van der Waals surface area contributed by atoms with Gasteiger partial charge in [-0.25, -0.2) is 14.8 Å². The number of aromatic amines is 1. The molecule has 1 fully saturated rings. The fourth-order valence-corrected chi connectivity index (χ4v) is 5.42. The van der Waals surface area contributed by atoms with Crippen LogP contribution in [0.2, 0.25) is 0 Å². The second kappa shape index (κ2) is 7.81. The summed E-state index contributed by atoms with van der Waals surface area (Å²) in [5.74, 6) is 1.31. The van der Waals surface area contributed by atoms with Crippen molar-refractivity contribution >= 4 is 12.0 Å². The Morgan fingerprint density at radius 2 is 1.89 bits per heavy atom. The Morgan fingerprint density at radius 1 is 1.14 bits per heavy atom. The normalized spacial score (nSPS) is 17.4. The van der Waals surface area contributed by atoms with Crippen molar-refractivity contribution in [2.45, 2.75) is 51.2 Å². The fourth-order valence-electron chi connectivity index (χ4n) is 5.42. The minimum Gasteiger partial charge on any atom is -0.497 e. The van der Waals surface area contributed by atoms with E-state index >= 15 is 0 Å². The molecule has 0 bridgehead atoms. The number of hydrogen-bond acceptors (Lipinski definition) is 6. The number of carbonyl (C=O) groups excluding carboxylic acids is 2. The molecule has 0 saturated carbocycles. The van der Waals surface area contributed by atoms with Crippen LogP contribution in [-0.4, -0.2) is 63.2 Å². The van der Waals surface area contributed by atoms with E-state index in [2.05, 4.69) is 15.3 Å². The van der Waals surface area contributed by atoms with Crippen LogP contribution >= 0.6 is 0 Å². The van der Waals surface area contributed by atoms with Crippen LogP contribution in [0.5, 0.6) is 5.75 Å². The number of hydrogen-bond donors (Lipinski definition) is 2. The average Bonchev–Trinajstić information content (AvgIpc) is 3.20. The highest BCUT2D eigenvalue weighted by Gasteiger charge is 2.51. The van der Waals surface area contributed by atoms with E-state index in [0.717, 1.165) is 57.9 Å². The van der Waals surface area contributed by atoms with Crippen molar-refractivity contribution in [3.8, 4) is 28.5 Å². The molecule has 3 aliphatic rings. The van der Waals surface area contributed by atoms with Gasteiger partial charge in [0.2, 0.25) is 0 Å². The molecule has 1 aliphatic carbocycles. The third kappa shape index (κ3) is 3.70. The smallest absolute Gasteiger partial charge is 0.410 e. The predicted octanol–water partition coefficient (Wildman–Crippen LogP) is 3.52. The molecule has 2 amide bonds. The summed E-state index contributed by atoms with van der Waals surface area (Å²) in [5, 5.41) is 3.19. The van der Waals surface area contributed by atoms with E-state index in [0.29, 0.717) is 25.3 Å². The highest BCUT2D eigenvalue weighted by Crippen LogP contribution is 2.40. The quantitative estimate of drug-likeness (QED) is 0.573. The lowest BCUT2D eigenvalue weighted by Gasteiger charge is -2.51. The zero-order chi connectivity index (χ0) is 25.2. The number of benzene rings is 1. The van der Waals surface area contributed by atoms with E-state index < -0.39 is 11.1 Å². The monoisotopic (exact) mass is 487 g/mol. The molecule has 9 heteroatoms. The van der Waals surface area contributed by atoms with Gasteiger partial charge in [-0.2, -0.15) is 0 Å². The largest absolute Gasteiger partial charge is 0.497 e. The molecule has 6 rings (SSSR count). The summed E-state index contributed by atoms with van der Waals surface area (Å²) in [6.07, 6.45) is 3.70. The molecule has 2 aliphatic heterocycles. The molecule has 2 N–H and O–H groups in total. The van der Waals surface area contributed by atoms with Crippen LogP contribution in [0.3, 0.4) is 0 Å². The second-order valence-corrected chi connectivity index (χ2v) is 10.9. The molecule has 9 nitrogen and oxygen atoms in total. The first-order chi connectivity index (χ1) is 17.1. The number of nitrogens with one attached hydrogen (secondary N) is 2. The maximum atomic E-state index is 13.3. The molecular formula is C27H29N5O4. The van der Waals surface area contributed by atoms with E-state index in [1.165, 1.54) is 0 Å². The Labute approximate surface area is 209 Å². The number of carbonyl (C=O) groups is 2. The van der Waals surface area contributed by atoms with Crippen molar-refractivity contribution in [3.63, 3.8) is 0 Å². The topological polar surface area (TPSA) is 109 Å². The van der Waals surface area contributed by atoms with Gasteiger partial charge in [0, 0.05) is 37.0 Å². The van der Waals surface area contributed by atoms with Crippen molar-refractivity contribution in [1.29, 1.82) is 0 Å². The van der Waals surface area contributed by atoms with Crippen molar-refractivity contribution in [1.82, 2.24) is 25.2 Å². The van der Waals surface area contributed by atoms with Crippen LogP contribution in [0, 0.1) is 0 Å². The SMILES string of the molecule is COc1ccc(-c2ncc3c(n2)-c2[nH]c4c(c2CC3)C(=O)NC2(C4)CN(C(=O)OC(C)(C)C)C2)cc1. The fraction of sp³-hybridized carbons (Fsp3) is 0.407. The molecule has 186 valence electrons. The van der Waals surface area contributed by atoms with E-state index in [4.69, 9.17) is 14.5 Å². The number of aryl methyl sites for hydroxylation is 1. The number of aromatic nitrogens is 3. The summed E-state index contributed by atoms with van der Waals surface area (Å²) in [6.45, 7) is 6.40. The Bertz CT molecular complexity index is 1380. The minimum atomic E-state index is -0.554. The first-order valence-corrected chi connectivity index (χ1v) is 12.2. The lowest BCUT2D eigenvalue weighted by molar-refractivity contribution is -0.0169. The van der Waals surface area contributed by atoms with Crippen LogP contribution in [0.25, 0.3) is 22.8 Å². The molecule has 1 aromatic carbocycles. The first kappa shape index (κ1) is 22.6. The zero-order valence-electron chi connectivity index (χ0n) is 20.9. The molecule has 3 aromatic rings. The number of rotatable bonds is 2. The van der Waals surface area contributed by atoms with Crippen LogP contribution in [-0.2, 0) is 24.0 Å². The molecular weight excluding hydrogens is 458 g/mol. The summed E-state index contributed by atoms with van der Waals surface area (Å²) >= 11 is 0. The number of H-pyrrole nitrogens is 1. The Kier molecular flexibility index (Phi) is 4.90. The molecule has 1 saturated heterocycles. The van der Waals surface area contributed by atoms with Crippen molar-refractivity contribution in [2.75, 3.05) is 20.2 Å². The third-order valence-electron chi connectivity index (χ3n) is 7.03. The molecule has 1 spiro atoms. The van der Waals surface area contributed by atoms with Gasteiger partial charge in [0.25, 0.3) is 5.91 Å². The Morgan fingerprint density at radius 3 is 2.58 bits per heavy atom. The first-order valence-electron chi connectivity index (χ1n) is 12.2. The molecule has 4 heterocycles. The van der Waals surface area contributed by atoms with Gasteiger partial charge in [0.1, 0.15) is 11.4 Å². The average molecular weight is 488 g/mol. The van der Waals surface area contributed by atoms with Crippen molar-refractivity contribution in [3.05, 3.63) is 52.8 Å². The summed E-state index contributed by atoms with van der Waals surface area (Å²) in [5.41, 5.74) is 5.31. The van der Waals surface area contributed by atoms with Gasteiger partial charge < -0.3 is 24.7 Å². The van der Waals surface area contributed by atoms with Gasteiger partial charge in [0.05, 0.1) is 29.6 Å². The van der Waals surface area contributed by atoms with Crippen molar-refractivity contribution < 1.29 is 19.1 Å². The maximum Gasteiger partial charge on any atom is 0.410 e. The van der Waals surface area contributed by atoms with E-state index in [9.17, 15) is 9.59 Å². The summed E-state index contributed by atoms with van der Waals surface area (Å²) < 4.78 is 10.7. The van der Waals surface area contributed by atoms with Gasteiger partial charge in [-0.1, -0.05) is 0 Å². The number of fused-ring (bicyclic) bond motifs is 5. The molecule has 36 heavy (non-hydrogen) atoms. The highest BCUT2D eigenvalue weighted by atomic mass is 16.6. The maximum absolute atomic E-state index is 13.3. The number of methoxy groups -OCH3 is 1. The Hall–Kier alpha value is -3.88. The van der Waals surface area contributed by atoms with E-state index in [-0.39, 0.29) is 12.0 Å². The lowest BCUT2D eigenvalue weighted by Crippen LogP contribution is -2.74. The number of ether oxygens (including phenoxy) is 2. The van der Waals surface area contributed by atoms with Gasteiger partial charge >= 0.3 is 6.09 Å². The van der Waals surface area contributed by atoms with E-state index in [1.54, 1.807) is 12.0 Å². The second-order valence-electron chi connectivity index (χ2n) is 10.9. The van der Waals surface area contributed by atoms with Gasteiger partial charge in [-0.3, -0.25) is 4.79 Å². The molecule has 0 radical (unpaired) electrons. The minimum absolute atomic E-state index is 0.0922. The zero-order valence-corrected chi connectivity index (χ0v) is 20.9. The van der Waals surface area contributed by atoms with Gasteiger partial charge in [-0.05, 0) is 69.0 Å². The summed E-state index contributed by atoms with van der Waals surface area (Å²) in [4.78, 5) is 40.4. The standard InChI is InChI=1S/C27H29N5O4/c1-26(2,3)36-25(34)32-13-27(14-32)11-19-20(24(33)31-27)18-10-7-16-12-28-23(30-21(16)22(18)29-19)15-5-8-17(35-4)9-6-15/h5-6,8-9,12,29H,7,10-11,13-14H2,1-4H3,(H,31,33). The summed E-state index contributed by atoms with van der Waals surface area (Å²) in [7, 11) is 1.64. The van der Waals surface area contributed by atoms with Crippen LogP contribution in [0.1, 0.15) is 48.0 Å². The number of amides is 2. The van der Waals surface area contributed by atoms with Gasteiger partial charge in [0.15, 0.2) is 5.82 Å². The molecule has 0 atom stereocenters. The predicted molar refractivity (Wildman–Crippen MR) is 133 cm³/mol. The third-order valence-corrected chi connectivity index (χ3v) is 7.03. The van der Waals surface area contributed by atoms with Crippen LogP contribution in [0.4, 0.5) is 4.79 Å². The van der Waals surface area contributed by atoms with Crippen molar-refractivity contribution in [2.24, 2.45) is 0 Å². The van der Waals surface area contributed by atoms with E-state index in [1.807, 2.05) is 51.2 Å².